The summed E-state index contributed by atoms with van der Waals surface area (Å²) in [5.41, 5.74) is -0.669. The van der Waals surface area contributed by atoms with Crippen LogP contribution in [0.1, 0.15) is 24.2 Å². The second kappa shape index (κ2) is 4.52. The molecule has 1 aromatic carbocycles. The Morgan fingerprint density at radius 1 is 1.38 bits per heavy atom. The van der Waals surface area contributed by atoms with E-state index in [4.69, 9.17) is 11.6 Å². The minimum absolute atomic E-state index is 0.0723. The number of benzene rings is 1. The molecule has 2 nitrogen and oxygen atoms in total. The number of hydrogen-bond donors (Lipinski definition) is 0. The van der Waals surface area contributed by atoms with E-state index in [0.29, 0.717) is 0 Å². The molecule has 0 atom stereocenters. The highest BCUT2D eigenvalue weighted by molar-refractivity contribution is 6.30. The fourth-order valence-corrected chi connectivity index (χ4v) is 1.37. The lowest BCUT2D eigenvalue weighted by Crippen LogP contribution is -2.46. The molecule has 0 unspecified atom stereocenters. The molecule has 0 fully saturated rings. The van der Waals surface area contributed by atoms with Gasteiger partial charge in [-0.05, 0) is 46.1 Å². The fraction of sp³-hybridized carbons (Fsp3) is 0.417. The number of carbonyl (C=O) groups is 1. The van der Waals surface area contributed by atoms with E-state index < -0.39 is 11.4 Å². The van der Waals surface area contributed by atoms with Crippen LogP contribution in [0.4, 0.5) is 4.39 Å². The number of ketones is 1. The van der Waals surface area contributed by atoms with Crippen molar-refractivity contribution in [2.24, 2.45) is 0 Å². The summed E-state index contributed by atoms with van der Waals surface area (Å²) < 4.78 is 13.6. The Balaban J connectivity index is 3.15. The number of Topliss-reactive ketones (excluding diaryl/α,β-unsaturated/α-hetero) is 1. The number of carbonyl (C=O) groups excluding carboxylic acids is 1. The first-order chi connectivity index (χ1) is 7.26. The van der Waals surface area contributed by atoms with Crippen LogP contribution in [-0.2, 0) is 0 Å². The van der Waals surface area contributed by atoms with Gasteiger partial charge in [0, 0.05) is 5.02 Å². The van der Waals surface area contributed by atoms with Gasteiger partial charge in [-0.3, -0.25) is 9.69 Å². The Hall–Kier alpha value is -0.930. The summed E-state index contributed by atoms with van der Waals surface area (Å²) in [6.07, 6.45) is 0. The Morgan fingerprint density at radius 2 is 1.94 bits per heavy atom. The number of likely N-dealkylation sites (N-methyl/N-ethyl adjacent to an activating group) is 1. The summed E-state index contributed by atoms with van der Waals surface area (Å²) in [6.45, 7) is 3.51. The summed E-state index contributed by atoms with van der Waals surface area (Å²) in [5.74, 6) is -0.834. The summed E-state index contributed by atoms with van der Waals surface area (Å²) in [5, 5.41) is 0.289. The molecule has 0 N–H and O–H groups in total. The summed E-state index contributed by atoms with van der Waals surface area (Å²) in [7, 11) is 3.57. The molecular weight excluding hydrogens is 229 g/mol. The van der Waals surface area contributed by atoms with Gasteiger partial charge in [-0.1, -0.05) is 11.6 Å². The number of rotatable bonds is 3. The molecule has 0 saturated heterocycles. The van der Waals surface area contributed by atoms with Gasteiger partial charge in [0.25, 0.3) is 0 Å². The minimum atomic E-state index is -0.741. The highest BCUT2D eigenvalue weighted by Crippen LogP contribution is 2.22. The molecule has 0 amide bonds. The average Bonchev–Trinajstić information content (AvgIpc) is 2.16. The number of hydrogen-bond acceptors (Lipinski definition) is 2. The van der Waals surface area contributed by atoms with Crippen LogP contribution < -0.4 is 0 Å². The van der Waals surface area contributed by atoms with Crippen molar-refractivity contribution < 1.29 is 9.18 Å². The van der Waals surface area contributed by atoms with Gasteiger partial charge in [-0.25, -0.2) is 4.39 Å². The Morgan fingerprint density at radius 3 is 2.38 bits per heavy atom. The van der Waals surface area contributed by atoms with Gasteiger partial charge in [0.1, 0.15) is 5.82 Å². The monoisotopic (exact) mass is 243 g/mol. The molecule has 0 aliphatic rings. The normalized spacial score (nSPS) is 11.9. The van der Waals surface area contributed by atoms with Crippen molar-refractivity contribution >= 4 is 17.4 Å². The zero-order valence-corrected chi connectivity index (χ0v) is 10.6. The van der Waals surface area contributed by atoms with Gasteiger partial charge in [-0.2, -0.15) is 0 Å². The summed E-state index contributed by atoms with van der Waals surface area (Å²) >= 11 is 5.64. The molecule has 4 heteroatoms. The molecule has 0 bridgehead atoms. The van der Waals surface area contributed by atoms with Crippen LogP contribution in [0.15, 0.2) is 18.2 Å². The number of nitrogens with zero attached hydrogens (tertiary/aromatic N) is 1. The van der Waals surface area contributed by atoms with Crippen molar-refractivity contribution in [2.75, 3.05) is 14.1 Å². The third kappa shape index (κ3) is 2.42. The molecule has 0 aromatic heterocycles. The van der Waals surface area contributed by atoms with E-state index in [1.807, 2.05) is 0 Å². The molecule has 16 heavy (non-hydrogen) atoms. The largest absolute Gasteiger partial charge is 0.297 e. The summed E-state index contributed by atoms with van der Waals surface area (Å²) in [6, 6.07) is 4.09. The predicted molar refractivity (Wildman–Crippen MR) is 63.5 cm³/mol. The van der Waals surface area contributed by atoms with Crippen molar-refractivity contribution in [3.63, 3.8) is 0 Å². The second-order valence-electron chi connectivity index (χ2n) is 4.41. The smallest absolute Gasteiger partial charge is 0.185 e. The van der Waals surface area contributed by atoms with Crippen LogP contribution in [0.5, 0.6) is 0 Å². The van der Waals surface area contributed by atoms with Crippen molar-refractivity contribution in [1.29, 1.82) is 0 Å². The molecule has 0 saturated carbocycles. The van der Waals surface area contributed by atoms with E-state index in [-0.39, 0.29) is 16.4 Å². The van der Waals surface area contributed by atoms with Gasteiger partial charge < -0.3 is 0 Å². The third-order valence-electron chi connectivity index (χ3n) is 2.85. The van der Waals surface area contributed by atoms with Crippen LogP contribution in [0, 0.1) is 5.82 Å². The SMILES string of the molecule is CN(C)C(C)(C)C(=O)c1ccc(Cl)cc1F. The van der Waals surface area contributed by atoms with Crippen LogP contribution in [0.2, 0.25) is 5.02 Å². The van der Waals surface area contributed by atoms with Crippen molar-refractivity contribution in [3.05, 3.63) is 34.6 Å². The quantitative estimate of drug-likeness (QED) is 0.761. The van der Waals surface area contributed by atoms with Crippen LogP contribution in [-0.4, -0.2) is 30.3 Å². The van der Waals surface area contributed by atoms with Gasteiger partial charge in [0.15, 0.2) is 5.78 Å². The van der Waals surface area contributed by atoms with Gasteiger partial charge in [-0.15, -0.1) is 0 Å². The topological polar surface area (TPSA) is 20.3 Å². The zero-order valence-electron chi connectivity index (χ0n) is 9.84. The first kappa shape index (κ1) is 13.1. The molecule has 0 radical (unpaired) electrons. The molecule has 88 valence electrons. The lowest BCUT2D eigenvalue weighted by atomic mass is 9.92. The Bertz CT molecular complexity index is 415. The van der Waals surface area contributed by atoms with E-state index in [0.717, 1.165) is 6.07 Å². The van der Waals surface area contributed by atoms with E-state index in [9.17, 15) is 9.18 Å². The minimum Gasteiger partial charge on any atom is -0.297 e. The van der Waals surface area contributed by atoms with E-state index in [1.54, 1.807) is 32.8 Å². The molecule has 0 spiro atoms. The van der Waals surface area contributed by atoms with Crippen LogP contribution >= 0.6 is 11.6 Å². The fourth-order valence-electron chi connectivity index (χ4n) is 1.21. The van der Waals surface area contributed by atoms with E-state index >= 15 is 0 Å². The molecular formula is C12H15ClFNO. The molecule has 0 heterocycles. The maximum absolute atomic E-state index is 13.6. The number of halogens is 2. The van der Waals surface area contributed by atoms with Crippen molar-refractivity contribution in [3.8, 4) is 0 Å². The summed E-state index contributed by atoms with van der Waals surface area (Å²) in [4.78, 5) is 13.9. The first-order valence-electron chi connectivity index (χ1n) is 4.94. The first-order valence-corrected chi connectivity index (χ1v) is 5.32. The molecule has 0 aliphatic carbocycles. The molecule has 1 rings (SSSR count). The lowest BCUT2D eigenvalue weighted by molar-refractivity contribution is 0.0751. The Labute approximate surface area is 100 Å². The Kier molecular flexibility index (Phi) is 3.71. The maximum atomic E-state index is 13.6. The molecule has 0 aliphatic heterocycles. The standard InChI is InChI=1S/C12H15ClFNO/c1-12(2,15(3)4)11(16)9-6-5-8(13)7-10(9)14/h5-7H,1-4H3. The maximum Gasteiger partial charge on any atom is 0.185 e. The van der Waals surface area contributed by atoms with Crippen LogP contribution in [0.3, 0.4) is 0 Å². The van der Waals surface area contributed by atoms with E-state index in [1.165, 1.54) is 12.1 Å². The zero-order chi connectivity index (χ0) is 12.5. The van der Waals surface area contributed by atoms with E-state index in [2.05, 4.69) is 0 Å². The van der Waals surface area contributed by atoms with Gasteiger partial charge in [0.2, 0.25) is 0 Å². The molecule has 1 aromatic rings. The average molecular weight is 244 g/mol. The third-order valence-corrected chi connectivity index (χ3v) is 3.08. The lowest BCUT2D eigenvalue weighted by Gasteiger charge is -2.30. The van der Waals surface area contributed by atoms with Gasteiger partial charge in [0.05, 0.1) is 11.1 Å². The highest BCUT2D eigenvalue weighted by atomic mass is 35.5. The second-order valence-corrected chi connectivity index (χ2v) is 4.84. The van der Waals surface area contributed by atoms with Crippen LogP contribution in [0.25, 0.3) is 0 Å². The van der Waals surface area contributed by atoms with Crippen molar-refractivity contribution in [1.82, 2.24) is 4.90 Å². The van der Waals surface area contributed by atoms with Crippen molar-refractivity contribution in [2.45, 2.75) is 19.4 Å². The predicted octanol–water partition coefficient (Wildman–Crippen LogP) is 3.00. The highest BCUT2D eigenvalue weighted by Gasteiger charge is 2.32. The van der Waals surface area contributed by atoms with Gasteiger partial charge >= 0.3 is 0 Å².